The number of rotatable bonds is 10. The van der Waals surface area contributed by atoms with Crippen molar-refractivity contribution in [1.29, 1.82) is 0 Å². The summed E-state index contributed by atoms with van der Waals surface area (Å²) in [5.74, 6) is 0.0975. The number of hydrogen-bond donors (Lipinski definition) is 1. The monoisotopic (exact) mass is 443 g/mol. The summed E-state index contributed by atoms with van der Waals surface area (Å²) in [6.45, 7) is 7.30. The quantitative estimate of drug-likeness (QED) is 0.223. The minimum absolute atomic E-state index is 0.0953. The van der Waals surface area contributed by atoms with E-state index in [0.29, 0.717) is 35.1 Å². The maximum absolute atomic E-state index is 13.3. The molecule has 0 aliphatic heterocycles. The van der Waals surface area contributed by atoms with Crippen molar-refractivity contribution >= 4 is 39.2 Å². The highest BCUT2D eigenvalue weighted by molar-refractivity contribution is 7.99. The van der Waals surface area contributed by atoms with E-state index >= 15 is 0 Å². The van der Waals surface area contributed by atoms with Crippen LogP contribution in [-0.4, -0.2) is 41.5 Å². The summed E-state index contributed by atoms with van der Waals surface area (Å²) in [6, 6.07) is 8.10. The second-order valence-electron chi connectivity index (χ2n) is 6.78. The lowest BCUT2D eigenvalue weighted by Crippen LogP contribution is -2.28. The van der Waals surface area contributed by atoms with Gasteiger partial charge in [-0.2, -0.15) is 0 Å². The lowest BCUT2D eigenvalue weighted by molar-refractivity contribution is -0.118. The van der Waals surface area contributed by atoms with E-state index in [1.165, 1.54) is 28.7 Å². The third-order valence-electron chi connectivity index (χ3n) is 4.51. The Hall–Kier alpha value is -2.42. The van der Waals surface area contributed by atoms with Crippen LogP contribution in [0.15, 0.2) is 52.3 Å². The van der Waals surface area contributed by atoms with Crippen LogP contribution in [0.1, 0.15) is 12.0 Å². The zero-order chi connectivity index (χ0) is 21.5. The van der Waals surface area contributed by atoms with Gasteiger partial charge in [-0.25, -0.2) is 4.98 Å². The average molecular weight is 444 g/mol. The van der Waals surface area contributed by atoms with Gasteiger partial charge in [0, 0.05) is 37.7 Å². The molecule has 0 saturated heterocycles. The molecule has 3 aromatic rings. The van der Waals surface area contributed by atoms with E-state index in [9.17, 15) is 9.59 Å². The van der Waals surface area contributed by atoms with E-state index in [2.05, 4.69) is 11.9 Å². The number of aromatic nitrogens is 2. The SMILES string of the molecule is C=CCn1c(SCC(=O)NCCCOC)nc2scc(-c3ccc(C)cc3)c2c1=O. The number of fused-ring (bicyclic) bond motifs is 1. The molecule has 0 spiro atoms. The molecule has 158 valence electrons. The van der Waals surface area contributed by atoms with Gasteiger partial charge in [-0.3, -0.25) is 14.2 Å². The molecule has 0 aliphatic rings. The molecule has 30 heavy (non-hydrogen) atoms. The summed E-state index contributed by atoms with van der Waals surface area (Å²) in [4.78, 5) is 30.8. The molecule has 0 bridgehead atoms. The number of allylic oxidation sites excluding steroid dienone is 1. The van der Waals surface area contributed by atoms with Crippen LogP contribution in [0.2, 0.25) is 0 Å². The lowest BCUT2D eigenvalue weighted by Gasteiger charge is -2.11. The first-order valence-corrected chi connectivity index (χ1v) is 11.5. The van der Waals surface area contributed by atoms with Crippen LogP contribution < -0.4 is 10.9 Å². The second-order valence-corrected chi connectivity index (χ2v) is 8.58. The number of aryl methyl sites for hydroxylation is 1. The number of amides is 1. The Bertz CT molecular complexity index is 1090. The largest absolute Gasteiger partial charge is 0.385 e. The van der Waals surface area contributed by atoms with Crippen LogP contribution in [0.5, 0.6) is 0 Å². The molecule has 0 radical (unpaired) electrons. The van der Waals surface area contributed by atoms with Crippen molar-refractivity contribution in [1.82, 2.24) is 14.9 Å². The van der Waals surface area contributed by atoms with Gasteiger partial charge in [0.2, 0.25) is 5.91 Å². The van der Waals surface area contributed by atoms with Gasteiger partial charge in [-0.05, 0) is 18.9 Å². The molecule has 0 unspecified atom stereocenters. The van der Waals surface area contributed by atoms with Gasteiger partial charge in [-0.1, -0.05) is 47.7 Å². The highest BCUT2D eigenvalue weighted by atomic mass is 32.2. The normalized spacial score (nSPS) is 11.0. The van der Waals surface area contributed by atoms with Crippen LogP contribution in [-0.2, 0) is 16.1 Å². The summed E-state index contributed by atoms with van der Waals surface area (Å²) in [5, 5.41) is 5.95. The van der Waals surface area contributed by atoms with E-state index in [0.717, 1.165) is 17.5 Å². The van der Waals surface area contributed by atoms with Gasteiger partial charge in [0.05, 0.1) is 11.1 Å². The van der Waals surface area contributed by atoms with E-state index < -0.39 is 0 Å². The van der Waals surface area contributed by atoms with Crippen molar-refractivity contribution in [2.45, 2.75) is 25.0 Å². The van der Waals surface area contributed by atoms with Crippen molar-refractivity contribution in [3.8, 4) is 11.1 Å². The molecule has 1 N–H and O–H groups in total. The predicted molar refractivity (Wildman–Crippen MR) is 124 cm³/mol. The Balaban J connectivity index is 1.88. The Labute approximate surface area is 184 Å². The molecule has 6 nitrogen and oxygen atoms in total. The smallest absolute Gasteiger partial charge is 0.263 e. The van der Waals surface area contributed by atoms with Crippen molar-refractivity contribution in [3.05, 3.63) is 58.2 Å². The molecule has 1 aromatic carbocycles. The third-order valence-corrected chi connectivity index (χ3v) is 6.36. The lowest BCUT2D eigenvalue weighted by atomic mass is 10.1. The summed E-state index contributed by atoms with van der Waals surface area (Å²) >= 11 is 2.71. The molecule has 8 heteroatoms. The van der Waals surface area contributed by atoms with E-state index in [1.54, 1.807) is 17.8 Å². The highest BCUT2D eigenvalue weighted by Gasteiger charge is 2.17. The summed E-state index contributed by atoms with van der Waals surface area (Å²) in [7, 11) is 1.63. The standard InChI is InChI=1S/C22H25N3O3S2/c1-4-11-25-21(27)19-17(16-8-6-15(2)7-9-16)13-29-20(19)24-22(25)30-14-18(26)23-10-5-12-28-3/h4,6-9,13H,1,5,10-12,14H2,2-3H3,(H,23,26). The number of nitrogens with zero attached hydrogens (tertiary/aromatic N) is 2. The third kappa shape index (κ3) is 5.19. The Kier molecular flexibility index (Phi) is 7.84. The average Bonchev–Trinajstić information content (AvgIpc) is 3.17. The minimum atomic E-state index is -0.111. The minimum Gasteiger partial charge on any atom is -0.385 e. The molecule has 0 aliphatic carbocycles. The molecule has 0 saturated carbocycles. The van der Waals surface area contributed by atoms with Gasteiger partial charge < -0.3 is 10.1 Å². The number of methoxy groups -OCH3 is 1. The van der Waals surface area contributed by atoms with Gasteiger partial charge in [0.25, 0.3) is 5.56 Å². The van der Waals surface area contributed by atoms with Crippen molar-refractivity contribution in [3.63, 3.8) is 0 Å². The van der Waals surface area contributed by atoms with Gasteiger partial charge in [0.1, 0.15) is 4.83 Å². The van der Waals surface area contributed by atoms with E-state index in [4.69, 9.17) is 9.72 Å². The Morgan fingerprint density at radius 3 is 2.83 bits per heavy atom. The van der Waals surface area contributed by atoms with Crippen LogP contribution >= 0.6 is 23.1 Å². The summed E-state index contributed by atoms with van der Waals surface area (Å²) in [6.07, 6.45) is 2.43. The molecule has 3 rings (SSSR count). The Morgan fingerprint density at radius 1 is 1.37 bits per heavy atom. The number of carbonyl (C=O) groups excluding carboxylic acids is 1. The van der Waals surface area contributed by atoms with Crippen molar-refractivity contribution in [2.75, 3.05) is 26.0 Å². The van der Waals surface area contributed by atoms with E-state index in [-0.39, 0.29) is 17.2 Å². The number of thioether (sulfide) groups is 1. The zero-order valence-corrected chi connectivity index (χ0v) is 18.8. The van der Waals surface area contributed by atoms with Gasteiger partial charge >= 0.3 is 0 Å². The van der Waals surface area contributed by atoms with Gasteiger partial charge in [-0.15, -0.1) is 17.9 Å². The fraction of sp³-hybridized carbons (Fsp3) is 0.318. The van der Waals surface area contributed by atoms with Crippen LogP contribution in [0.4, 0.5) is 0 Å². The zero-order valence-electron chi connectivity index (χ0n) is 17.1. The molecule has 2 heterocycles. The number of hydrogen-bond acceptors (Lipinski definition) is 6. The molecule has 2 aromatic heterocycles. The first-order valence-electron chi connectivity index (χ1n) is 9.63. The molecule has 1 amide bonds. The molecular weight excluding hydrogens is 418 g/mol. The number of nitrogens with one attached hydrogen (secondary N) is 1. The molecular formula is C22H25N3O3S2. The van der Waals surface area contributed by atoms with Gasteiger partial charge in [0.15, 0.2) is 5.16 Å². The van der Waals surface area contributed by atoms with Crippen LogP contribution in [0, 0.1) is 6.92 Å². The predicted octanol–water partition coefficient (Wildman–Crippen LogP) is 3.86. The van der Waals surface area contributed by atoms with Crippen LogP contribution in [0.25, 0.3) is 21.3 Å². The summed E-state index contributed by atoms with van der Waals surface area (Å²) < 4.78 is 6.56. The first kappa shape index (κ1) is 22.3. The van der Waals surface area contributed by atoms with E-state index in [1.807, 2.05) is 36.6 Å². The summed E-state index contributed by atoms with van der Waals surface area (Å²) in [5.41, 5.74) is 2.93. The first-order chi connectivity index (χ1) is 14.5. The second kappa shape index (κ2) is 10.6. The number of benzene rings is 1. The fourth-order valence-corrected chi connectivity index (χ4v) is 4.80. The molecule has 0 atom stereocenters. The maximum atomic E-state index is 13.3. The number of thiophene rings is 1. The number of ether oxygens (including phenoxy) is 1. The van der Waals surface area contributed by atoms with Crippen LogP contribution in [0.3, 0.4) is 0 Å². The number of carbonyl (C=O) groups is 1. The fourth-order valence-electron chi connectivity index (χ4n) is 2.98. The Morgan fingerprint density at radius 2 is 2.13 bits per heavy atom. The topological polar surface area (TPSA) is 73.2 Å². The van der Waals surface area contributed by atoms with Crippen molar-refractivity contribution in [2.24, 2.45) is 0 Å². The highest BCUT2D eigenvalue weighted by Crippen LogP contribution is 2.32. The molecule has 0 fully saturated rings. The maximum Gasteiger partial charge on any atom is 0.263 e. The van der Waals surface area contributed by atoms with Crippen molar-refractivity contribution < 1.29 is 9.53 Å².